The van der Waals surface area contributed by atoms with Gasteiger partial charge in [-0.1, -0.05) is 43.5 Å². The minimum atomic E-state index is -0.225. The molecule has 4 rings (SSSR count). The van der Waals surface area contributed by atoms with Crippen molar-refractivity contribution in [2.75, 3.05) is 32.3 Å². The second kappa shape index (κ2) is 14.4. The highest BCUT2D eigenvalue weighted by Crippen LogP contribution is 2.39. The maximum Gasteiger partial charge on any atom is 0.306 e. The summed E-state index contributed by atoms with van der Waals surface area (Å²) < 4.78 is 23.0. The monoisotopic (exact) mass is 562 g/mol. The average Bonchev–Trinajstić information content (AvgIpc) is 3.39. The summed E-state index contributed by atoms with van der Waals surface area (Å²) in [5.41, 5.74) is 7.26. The first kappa shape index (κ1) is 29.7. The Hall–Kier alpha value is -3.25. The maximum atomic E-state index is 11.7. The summed E-state index contributed by atoms with van der Waals surface area (Å²) >= 11 is 0. The Kier molecular flexibility index (Phi) is 10.7. The summed E-state index contributed by atoms with van der Waals surface area (Å²) in [6, 6.07) is 18.9. The number of hydrogen-bond acceptors (Lipinski definition) is 5. The molecular weight excluding hydrogens is 520 g/mol. The Balaban J connectivity index is 1.46. The van der Waals surface area contributed by atoms with Crippen molar-refractivity contribution in [1.82, 2.24) is 0 Å². The molecular formula is C34H42O5S. The van der Waals surface area contributed by atoms with E-state index in [-0.39, 0.29) is 11.9 Å². The SMILES string of the molecule is C/C=S(\C)CCCOc1cc(CC)c(-c2cccc(COc3ccc4c(c3)OCC4CC(=O)OC)c2)c(CC)c1. The van der Waals surface area contributed by atoms with Crippen LogP contribution in [-0.4, -0.2) is 43.7 Å². The van der Waals surface area contributed by atoms with Gasteiger partial charge in [0.1, 0.15) is 23.9 Å². The number of methoxy groups -OCH3 is 1. The van der Waals surface area contributed by atoms with Crippen LogP contribution in [0.15, 0.2) is 54.6 Å². The Labute approximate surface area is 241 Å². The van der Waals surface area contributed by atoms with Crippen molar-refractivity contribution in [3.63, 3.8) is 0 Å². The molecule has 5 nitrogen and oxygen atoms in total. The van der Waals surface area contributed by atoms with Gasteiger partial charge < -0.3 is 18.9 Å². The Morgan fingerprint density at radius 2 is 1.80 bits per heavy atom. The van der Waals surface area contributed by atoms with Crippen LogP contribution in [-0.2, 0) is 29.0 Å². The fourth-order valence-corrected chi connectivity index (χ4v) is 5.93. The molecule has 0 aromatic heterocycles. The predicted octanol–water partition coefficient (Wildman–Crippen LogP) is 7.59. The number of hydrogen-bond donors (Lipinski definition) is 0. The molecule has 0 spiro atoms. The van der Waals surface area contributed by atoms with Crippen LogP contribution >= 0.6 is 10.5 Å². The van der Waals surface area contributed by atoms with Crippen molar-refractivity contribution >= 4 is 21.8 Å². The Morgan fingerprint density at radius 1 is 1.02 bits per heavy atom. The van der Waals surface area contributed by atoms with Gasteiger partial charge in [-0.2, -0.15) is 10.5 Å². The van der Waals surface area contributed by atoms with Crippen LogP contribution in [0.1, 0.15) is 61.8 Å². The largest absolute Gasteiger partial charge is 0.494 e. The number of carbonyl (C=O) groups is 1. The summed E-state index contributed by atoms with van der Waals surface area (Å²) in [6.45, 7) is 8.24. The molecule has 1 aliphatic heterocycles. The van der Waals surface area contributed by atoms with Crippen LogP contribution in [0.25, 0.3) is 11.1 Å². The molecule has 0 amide bonds. The number of carbonyl (C=O) groups excluding carboxylic acids is 1. The van der Waals surface area contributed by atoms with Crippen molar-refractivity contribution in [2.24, 2.45) is 0 Å². The number of esters is 1. The quantitative estimate of drug-likeness (QED) is 0.122. The lowest BCUT2D eigenvalue weighted by Gasteiger charge is -2.18. The smallest absolute Gasteiger partial charge is 0.306 e. The highest BCUT2D eigenvalue weighted by atomic mass is 32.2. The zero-order chi connectivity index (χ0) is 28.5. The minimum absolute atomic E-state index is 0.0224. The maximum absolute atomic E-state index is 11.7. The van der Waals surface area contributed by atoms with Gasteiger partial charge in [0.2, 0.25) is 0 Å². The molecule has 0 bridgehead atoms. The van der Waals surface area contributed by atoms with Gasteiger partial charge in [0.15, 0.2) is 0 Å². The van der Waals surface area contributed by atoms with Crippen LogP contribution in [0, 0.1) is 0 Å². The Bertz CT molecular complexity index is 1320. The van der Waals surface area contributed by atoms with Crippen LogP contribution < -0.4 is 14.2 Å². The number of aryl methyl sites for hydroxylation is 2. The van der Waals surface area contributed by atoms with Gasteiger partial charge in [0.25, 0.3) is 0 Å². The lowest BCUT2D eigenvalue weighted by atomic mass is 9.90. The number of ether oxygens (including phenoxy) is 4. The molecule has 0 saturated heterocycles. The second-order valence-corrected chi connectivity index (χ2v) is 12.4. The van der Waals surface area contributed by atoms with Crippen molar-refractivity contribution < 1.29 is 23.7 Å². The third-order valence-electron chi connectivity index (χ3n) is 7.45. The molecule has 1 aliphatic rings. The van der Waals surface area contributed by atoms with Crippen LogP contribution in [0.2, 0.25) is 0 Å². The van der Waals surface area contributed by atoms with Crippen molar-refractivity contribution in [1.29, 1.82) is 0 Å². The van der Waals surface area contributed by atoms with Crippen molar-refractivity contribution in [3.8, 4) is 28.4 Å². The molecule has 0 saturated carbocycles. The van der Waals surface area contributed by atoms with E-state index in [1.165, 1.54) is 35.1 Å². The van der Waals surface area contributed by atoms with Crippen LogP contribution in [0.5, 0.6) is 17.2 Å². The van der Waals surface area contributed by atoms with Crippen molar-refractivity contribution in [3.05, 3.63) is 76.9 Å². The number of benzene rings is 3. The van der Waals surface area contributed by atoms with E-state index in [4.69, 9.17) is 18.9 Å². The molecule has 2 unspecified atom stereocenters. The van der Waals surface area contributed by atoms with Gasteiger partial charge in [-0.15, -0.1) is 0 Å². The average molecular weight is 563 g/mol. The third-order valence-corrected chi connectivity index (χ3v) is 9.18. The van der Waals surface area contributed by atoms with Gasteiger partial charge in [-0.25, -0.2) is 0 Å². The van der Waals surface area contributed by atoms with E-state index in [9.17, 15) is 4.79 Å². The van der Waals surface area contributed by atoms with E-state index in [2.05, 4.69) is 68.8 Å². The first-order valence-electron chi connectivity index (χ1n) is 14.2. The molecule has 3 aromatic rings. The second-order valence-electron chi connectivity index (χ2n) is 10.1. The highest BCUT2D eigenvalue weighted by molar-refractivity contribution is 8.14. The molecule has 6 heteroatoms. The summed E-state index contributed by atoms with van der Waals surface area (Å²) in [6.07, 6.45) is 5.55. The third kappa shape index (κ3) is 7.48. The number of rotatable bonds is 13. The first-order valence-corrected chi connectivity index (χ1v) is 16.1. The highest BCUT2D eigenvalue weighted by Gasteiger charge is 2.27. The molecule has 1 heterocycles. The molecule has 214 valence electrons. The molecule has 2 atom stereocenters. The van der Waals surface area contributed by atoms with Crippen molar-refractivity contribution in [2.45, 2.75) is 59.0 Å². The summed E-state index contributed by atoms with van der Waals surface area (Å²) in [5.74, 6) is 3.48. The summed E-state index contributed by atoms with van der Waals surface area (Å²) in [7, 11) is 1.78. The van der Waals surface area contributed by atoms with Gasteiger partial charge in [-0.05, 0) is 90.3 Å². The van der Waals surface area contributed by atoms with Gasteiger partial charge in [0, 0.05) is 17.5 Å². The molecule has 0 aliphatic carbocycles. The van der Waals surface area contributed by atoms with Gasteiger partial charge in [0.05, 0.1) is 26.7 Å². The van der Waals surface area contributed by atoms with Crippen LogP contribution in [0.3, 0.4) is 0 Å². The lowest BCUT2D eigenvalue weighted by molar-refractivity contribution is -0.141. The minimum Gasteiger partial charge on any atom is -0.494 e. The van der Waals surface area contributed by atoms with E-state index in [1.54, 1.807) is 0 Å². The summed E-state index contributed by atoms with van der Waals surface area (Å²) in [5, 5.41) is 2.28. The Morgan fingerprint density at radius 3 is 2.50 bits per heavy atom. The molecule has 0 N–H and O–H groups in total. The standard InChI is InChI=1S/C34H42O5S/c1-6-25-18-30(37-15-10-16-40(5)8-3)19-26(7-2)34(25)27-12-9-11-24(17-27)22-38-29-13-14-31-28(20-33(35)36-4)23-39-32(31)21-29/h8-9,11-14,17-19,21,28H,6-7,10,15-16,20,22-23H2,1-5H3. The topological polar surface area (TPSA) is 54.0 Å². The zero-order valence-corrected chi connectivity index (χ0v) is 25.3. The zero-order valence-electron chi connectivity index (χ0n) is 24.5. The van der Waals surface area contributed by atoms with E-state index in [0.717, 1.165) is 54.2 Å². The van der Waals surface area contributed by atoms with E-state index < -0.39 is 0 Å². The van der Waals surface area contributed by atoms with E-state index in [0.29, 0.717) is 30.1 Å². The molecule has 3 aromatic carbocycles. The summed E-state index contributed by atoms with van der Waals surface area (Å²) in [4.78, 5) is 11.7. The van der Waals surface area contributed by atoms with E-state index in [1.807, 2.05) is 18.2 Å². The molecule has 0 radical (unpaired) electrons. The van der Waals surface area contributed by atoms with Gasteiger partial charge >= 0.3 is 5.97 Å². The molecule has 40 heavy (non-hydrogen) atoms. The fraction of sp³-hybridized carbons (Fsp3) is 0.412. The number of fused-ring (bicyclic) bond motifs is 1. The first-order chi connectivity index (χ1) is 19.4. The molecule has 0 fully saturated rings. The van der Waals surface area contributed by atoms with E-state index >= 15 is 0 Å². The fourth-order valence-electron chi connectivity index (χ4n) is 5.13. The van der Waals surface area contributed by atoms with Gasteiger partial charge in [-0.3, -0.25) is 4.79 Å². The van der Waals surface area contributed by atoms with Crippen LogP contribution in [0.4, 0.5) is 0 Å². The predicted molar refractivity (Wildman–Crippen MR) is 167 cm³/mol. The lowest BCUT2D eigenvalue weighted by Crippen LogP contribution is -2.09. The normalized spacial score (nSPS) is 14.9.